The molecule has 1 atom stereocenters. The molecule has 1 aromatic carbocycles. The highest BCUT2D eigenvalue weighted by molar-refractivity contribution is 5.84. The zero-order valence-corrected chi connectivity index (χ0v) is 11.6. The molecule has 0 aliphatic heterocycles. The molecule has 1 heterocycles. The van der Waals surface area contributed by atoms with Crippen molar-refractivity contribution in [1.82, 2.24) is 5.32 Å². The van der Waals surface area contributed by atoms with Crippen molar-refractivity contribution in [2.24, 2.45) is 0 Å². The summed E-state index contributed by atoms with van der Waals surface area (Å²) >= 11 is 0. The molecule has 1 aromatic heterocycles. The standard InChI is InChI=1S/C16H23NO/c1-4-9-17-10-13-11-18-16-14(12(3)5-2)7-6-8-15(13)16/h6-8,11-12,17H,4-5,9-10H2,1-3H3. The molecule has 0 radical (unpaired) electrons. The topological polar surface area (TPSA) is 25.2 Å². The van der Waals surface area contributed by atoms with Gasteiger partial charge in [0.15, 0.2) is 0 Å². The van der Waals surface area contributed by atoms with E-state index in [1.54, 1.807) is 0 Å². The molecule has 0 saturated carbocycles. The van der Waals surface area contributed by atoms with E-state index in [2.05, 4.69) is 44.3 Å². The number of furan rings is 1. The van der Waals surface area contributed by atoms with Crippen LogP contribution in [0, 0.1) is 0 Å². The lowest BCUT2D eigenvalue weighted by Crippen LogP contribution is -2.13. The summed E-state index contributed by atoms with van der Waals surface area (Å²) in [5.74, 6) is 0.552. The van der Waals surface area contributed by atoms with Gasteiger partial charge in [0.25, 0.3) is 0 Å². The van der Waals surface area contributed by atoms with E-state index in [-0.39, 0.29) is 0 Å². The van der Waals surface area contributed by atoms with Gasteiger partial charge < -0.3 is 9.73 Å². The predicted molar refractivity (Wildman–Crippen MR) is 76.9 cm³/mol. The van der Waals surface area contributed by atoms with Crippen molar-refractivity contribution in [1.29, 1.82) is 0 Å². The maximum atomic E-state index is 5.79. The highest BCUT2D eigenvalue weighted by Crippen LogP contribution is 2.30. The molecule has 2 aromatic rings. The van der Waals surface area contributed by atoms with Crippen LogP contribution in [0.25, 0.3) is 11.0 Å². The second-order valence-corrected chi connectivity index (χ2v) is 4.97. The lowest BCUT2D eigenvalue weighted by molar-refractivity contribution is 0.590. The number of benzene rings is 1. The minimum Gasteiger partial charge on any atom is -0.464 e. The van der Waals surface area contributed by atoms with Gasteiger partial charge in [-0.2, -0.15) is 0 Å². The lowest BCUT2D eigenvalue weighted by atomic mass is 9.96. The monoisotopic (exact) mass is 245 g/mol. The van der Waals surface area contributed by atoms with Crippen LogP contribution < -0.4 is 5.32 Å². The van der Waals surface area contributed by atoms with Crippen molar-refractivity contribution in [2.45, 2.75) is 46.1 Å². The normalized spacial score (nSPS) is 13.1. The molecule has 18 heavy (non-hydrogen) atoms. The Bertz CT molecular complexity index is 501. The van der Waals surface area contributed by atoms with Crippen molar-refractivity contribution < 1.29 is 4.42 Å². The maximum Gasteiger partial charge on any atom is 0.137 e. The van der Waals surface area contributed by atoms with E-state index in [0.717, 1.165) is 31.5 Å². The summed E-state index contributed by atoms with van der Waals surface area (Å²) in [6.45, 7) is 8.60. The van der Waals surface area contributed by atoms with Gasteiger partial charge in [-0.3, -0.25) is 0 Å². The van der Waals surface area contributed by atoms with E-state index in [9.17, 15) is 0 Å². The van der Waals surface area contributed by atoms with Crippen LogP contribution in [0.2, 0.25) is 0 Å². The predicted octanol–water partition coefficient (Wildman–Crippen LogP) is 4.45. The largest absolute Gasteiger partial charge is 0.464 e. The SMILES string of the molecule is CCCNCc1coc2c(C(C)CC)cccc12. The average molecular weight is 245 g/mol. The zero-order valence-electron chi connectivity index (χ0n) is 11.6. The van der Waals surface area contributed by atoms with Crippen LogP contribution in [0.1, 0.15) is 50.7 Å². The molecule has 1 N–H and O–H groups in total. The highest BCUT2D eigenvalue weighted by Gasteiger charge is 2.12. The second kappa shape index (κ2) is 6.05. The zero-order chi connectivity index (χ0) is 13.0. The van der Waals surface area contributed by atoms with Crippen molar-refractivity contribution in [3.8, 4) is 0 Å². The fraction of sp³-hybridized carbons (Fsp3) is 0.500. The molecule has 2 nitrogen and oxygen atoms in total. The minimum atomic E-state index is 0.552. The molecule has 0 saturated heterocycles. The second-order valence-electron chi connectivity index (χ2n) is 4.97. The number of hydrogen-bond donors (Lipinski definition) is 1. The molecular weight excluding hydrogens is 222 g/mol. The fourth-order valence-electron chi connectivity index (χ4n) is 2.28. The van der Waals surface area contributed by atoms with Crippen molar-refractivity contribution in [2.75, 3.05) is 6.54 Å². The number of fused-ring (bicyclic) bond motifs is 1. The molecule has 1 unspecified atom stereocenters. The first-order valence-electron chi connectivity index (χ1n) is 6.97. The first-order chi connectivity index (χ1) is 8.77. The molecule has 2 rings (SSSR count). The van der Waals surface area contributed by atoms with E-state index in [1.807, 2.05) is 6.26 Å². The summed E-state index contributed by atoms with van der Waals surface area (Å²) in [7, 11) is 0. The highest BCUT2D eigenvalue weighted by atomic mass is 16.3. The van der Waals surface area contributed by atoms with Crippen molar-refractivity contribution in [3.63, 3.8) is 0 Å². The van der Waals surface area contributed by atoms with E-state index >= 15 is 0 Å². The van der Waals surface area contributed by atoms with E-state index in [1.165, 1.54) is 16.5 Å². The van der Waals surface area contributed by atoms with Gasteiger partial charge in [-0.25, -0.2) is 0 Å². The van der Waals surface area contributed by atoms with Crippen LogP contribution >= 0.6 is 0 Å². The van der Waals surface area contributed by atoms with Gasteiger partial charge in [0, 0.05) is 17.5 Å². The van der Waals surface area contributed by atoms with Crippen molar-refractivity contribution >= 4 is 11.0 Å². The molecule has 2 heteroatoms. The van der Waals surface area contributed by atoms with Crippen LogP contribution in [0.15, 0.2) is 28.9 Å². The third-order valence-corrected chi connectivity index (χ3v) is 3.60. The van der Waals surface area contributed by atoms with Gasteiger partial charge in [-0.15, -0.1) is 0 Å². The summed E-state index contributed by atoms with van der Waals surface area (Å²) in [5, 5.41) is 4.69. The lowest BCUT2D eigenvalue weighted by Gasteiger charge is -2.09. The number of hydrogen-bond acceptors (Lipinski definition) is 2. The molecular formula is C16H23NO. The minimum absolute atomic E-state index is 0.552. The number of rotatable bonds is 6. The van der Waals surface area contributed by atoms with Gasteiger partial charge in [0.05, 0.1) is 6.26 Å². The molecule has 0 spiro atoms. The fourth-order valence-corrected chi connectivity index (χ4v) is 2.28. The Labute approximate surface area is 109 Å². The Morgan fingerprint density at radius 3 is 2.83 bits per heavy atom. The van der Waals surface area contributed by atoms with Gasteiger partial charge in [0.2, 0.25) is 0 Å². The van der Waals surface area contributed by atoms with Crippen molar-refractivity contribution in [3.05, 3.63) is 35.6 Å². The average Bonchev–Trinajstić information content (AvgIpc) is 2.81. The van der Waals surface area contributed by atoms with E-state index in [4.69, 9.17) is 4.42 Å². The third-order valence-electron chi connectivity index (χ3n) is 3.60. The Morgan fingerprint density at radius 1 is 1.28 bits per heavy atom. The molecule has 98 valence electrons. The number of para-hydroxylation sites is 1. The molecule has 0 aliphatic carbocycles. The van der Waals surface area contributed by atoms with Crippen LogP contribution in [0.4, 0.5) is 0 Å². The van der Waals surface area contributed by atoms with Crippen LogP contribution in [0.5, 0.6) is 0 Å². The van der Waals surface area contributed by atoms with Gasteiger partial charge in [-0.1, -0.05) is 39.0 Å². The smallest absolute Gasteiger partial charge is 0.137 e. The summed E-state index contributed by atoms with van der Waals surface area (Å²) in [6, 6.07) is 6.49. The quantitative estimate of drug-likeness (QED) is 0.761. The van der Waals surface area contributed by atoms with Crippen LogP contribution in [0.3, 0.4) is 0 Å². The summed E-state index contributed by atoms with van der Waals surface area (Å²) < 4.78 is 5.79. The first kappa shape index (κ1) is 13.2. The van der Waals surface area contributed by atoms with Gasteiger partial charge >= 0.3 is 0 Å². The summed E-state index contributed by atoms with van der Waals surface area (Å²) in [6.07, 6.45) is 4.20. The van der Waals surface area contributed by atoms with E-state index in [0.29, 0.717) is 5.92 Å². The Kier molecular flexibility index (Phi) is 4.43. The Morgan fingerprint density at radius 2 is 2.11 bits per heavy atom. The summed E-state index contributed by atoms with van der Waals surface area (Å²) in [5.41, 5.74) is 3.67. The summed E-state index contributed by atoms with van der Waals surface area (Å²) in [4.78, 5) is 0. The van der Waals surface area contributed by atoms with Crippen LogP contribution in [-0.2, 0) is 6.54 Å². The third kappa shape index (κ3) is 2.59. The molecule has 0 amide bonds. The molecule has 0 aliphatic rings. The Balaban J connectivity index is 2.30. The van der Waals surface area contributed by atoms with Gasteiger partial charge in [-0.05, 0) is 30.9 Å². The van der Waals surface area contributed by atoms with E-state index < -0.39 is 0 Å². The first-order valence-corrected chi connectivity index (χ1v) is 6.97. The Hall–Kier alpha value is -1.28. The van der Waals surface area contributed by atoms with Gasteiger partial charge in [0.1, 0.15) is 5.58 Å². The number of nitrogens with one attached hydrogen (secondary N) is 1. The molecule has 0 fully saturated rings. The molecule has 0 bridgehead atoms. The van der Waals surface area contributed by atoms with Crippen LogP contribution in [-0.4, -0.2) is 6.54 Å². The maximum absolute atomic E-state index is 5.79.